The minimum absolute atomic E-state index is 0.213. The van der Waals surface area contributed by atoms with Gasteiger partial charge in [0.05, 0.1) is 6.54 Å². The number of rotatable bonds is 5. The Morgan fingerprint density at radius 1 is 1.34 bits per heavy atom. The van der Waals surface area contributed by atoms with Crippen LogP contribution in [0.3, 0.4) is 0 Å². The molecule has 0 N–H and O–H groups in total. The molecule has 4 heterocycles. The molecule has 0 spiro atoms. The molecule has 0 fully saturated rings. The van der Waals surface area contributed by atoms with Gasteiger partial charge in [-0.2, -0.15) is 9.40 Å². The minimum Gasteiger partial charge on any atom is -0.337 e. The fourth-order valence-electron chi connectivity index (χ4n) is 3.42. The number of carbonyl (C=O) groups is 1. The fraction of sp³-hybridized carbons (Fsp3) is 0.412. The van der Waals surface area contributed by atoms with Crippen molar-refractivity contribution >= 4 is 27.3 Å². The van der Waals surface area contributed by atoms with Gasteiger partial charge in [-0.3, -0.25) is 9.48 Å². The average molecular weight is 436 g/mol. The van der Waals surface area contributed by atoms with Gasteiger partial charge in [0.25, 0.3) is 10.0 Å². The van der Waals surface area contributed by atoms with Crippen molar-refractivity contribution in [3.8, 4) is 11.5 Å². The zero-order valence-electron chi connectivity index (χ0n) is 16.3. The van der Waals surface area contributed by atoms with E-state index in [0.717, 1.165) is 26.9 Å². The van der Waals surface area contributed by atoms with E-state index in [1.807, 2.05) is 18.8 Å². The van der Waals surface area contributed by atoms with Crippen LogP contribution in [0.2, 0.25) is 0 Å². The summed E-state index contributed by atoms with van der Waals surface area (Å²) in [7, 11) is 1.47. The molecule has 10 nitrogen and oxygen atoms in total. The maximum atomic E-state index is 12.9. The SMILES string of the molecule is CN(CC(=O)N1CCc2c(c(-c3nncn3C)nn2C)C1)S(=O)(=O)c1cccs1. The van der Waals surface area contributed by atoms with E-state index in [1.165, 1.54) is 13.1 Å². The van der Waals surface area contributed by atoms with Crippen molar-refractivity contribution in [1.29, 1.82) is 0 Å². The molecule has 1 amide bonds. The highest BCUT2D eigenvalue weighted by Gasteiger charge is 2.31. The first-order valence-electron chi connectivity index (χ1n) is 8.95. The summed E-state index contributed by atoms with van der Waals surface area (Å²) >= 11 is 1.14. The number of likely N-dealkylation sites (N-methyl/N-ethyl adjacent to an activating group) is 1. The molecule has 3 aromatic heterocycles. The molecule has 0 saturated heterocycles. The Bertz CT molecular complexity index is 1150. The first-order chi connectivity index (χ1) is 13.8. The van der Waals surface area contributed by atoms with Crippen molar-refractivity contribution in [3.63, 3.8) is 0 Å². The molecule has 12 heteroatoms. The van der Waals surface area contributed by atoms with Crippen LogP contribution in [0.4, 0.5) is 0 Å². The lowest BCUT2D eigenvalue weighted by atomic mass is 10.0. The lowest BCUT2D eigenvalue weighted by molar-refractivity contribution is -0.132. The second-order valence-corrected chi connectivity index (χ2v) is 10.1. The van der Waals surface area contributed by atoms with E-state index >= 15 is 0 Å². The second-order valence-electron chi connectivity index (χ2n) is 6.92. The third-order valence-electron chi connectivity index (χ3n) is 5.04. The van der Waals surface area contributed by atoms with Gasteiger partial charge < -0.3 is 9.47 Å². The standard InChI is InChI=1S/C17H21N7O3S2/c1-21-11-18-19-17(21)16-12-9-24(7-6-13(12)23(3)20-16)14(25)10-22(2)29(26,27)15-5-4-8-28-15/h4-5,8,11H,6-7,9-10H2,1-3H3. The van der Waals surface area contributed by atoms with Gasteiger partial charge in [-0.15, -0.1) is 21.5 Å². The average Bonchev–Trinajstić information content (AvgIpc) is 3.42. The molecule has 154 valence electrons. The van der Waals surface area contributed by atoms with E-state index in [-0.39, 0.29) is 16.7 Å². The predicted octanol–water partition coefficient (Wildman–Crippen LogP) is 0.482. The summed E-state index contributed by atoms with van der Waals surface area (Å²) < 4.78 is 30.1. The number of hydrogen-bond donors (Lipinski definition) is 0. The normalized spacial score (nSPS) is 14.4. The van der Waals surface area contributed by atoms with Gasteiger partial charge in [0.1, 0.15) is 16.2 Å². The van der Waals surface area contributed by atoms with Crippen molar-refractivity contribution in [1.82, 2.24) is 33.8 Å². The number of aryl methyl sites for hydroxylation is 2. The molecule has 0 bridgehead atoms. The molecule has 0 unspecified atom stereocenters. The number of hydrogen-bond acceptors (Lipinski definition) is 7. The van der Waals surface area contributed by atoms with Gasteiger partial charge in [0, 0.05) is 51.9 Å². The molecular formula is C17H21N7O3S2. The zero-order chi connectivity index (χ0) is 20.8. The number of thiophene rings is 1. The van der Waals surface area contributed by atoms with E-state index in [9.17, 15) is 13.2 Å². The summed E-state index contributed by atoms with van der Waals surface area (Å²) in [4.78, 5) is 14.5. The van der Waals surface area contributed by atoms with Crippen LogP contribution in [0.25, 0.3) is 11.5 Å². The summed E-state index contributed by atoms with van der Waals surface area (Å²) in [6.07, 6.45) is 2.25. The number of carbonyl (C=O) groups excluding carboxylic acids is 1. The van der Waals surface area contributed by atoms with Crippen LogP contribution in [0.5, 0.6) is 0 Å². The van der Waals surface area contributed by atoms with Gasteiger partial charge in [-0.25, -0.2) is 8.42 Å². The topological polar surface area (TPSA) is 106 Å². The first kappa shape index (κ1) is 19.7. The molecule has 0 radical (unpaired) electrons. The Hall–Kier alpha value is -2.57. The lowest BCUT2D eigenvalue weighted by Crippen LogP contribution is -2.43. The summed E-state index contributed by atoms with van der Waals surface area (Å²) in [6, 6.07) is 3.22. The van der Waals surface area contributed by atoms with Crippen LogP contribution in [-0.4, -0.2) is 68.2 Å². The lowest BCUT2D eigenvalue weighted by Gasteiger charge is -2.29. The molecule has 0 aromatic carbocycles. The Morgan fingerprint density at radius 3 is 2.79 bits per heavy atom. The maximum absolute atomic E-state index is 12.9. The summed E-state index contributed by atoms with van der Waals surface area (Å²) in [6.45, 7) is 0.655. The molecule has 4 rings (SSSR count). The molecular weight excluding hydrogens is 414 g/mol. The number of nitrogens with zero attached hydrogens (tertiary/aromatic N) is 7. The highest BCUT2D eigenvalue weighted by Crippen LogP contribution is 2.28. The molecule has 0 aliphatic carbocycles. The van der Waals surface area contributed by atoms with Gasteiger partial charge in [-0.1, -0.05) is 6.07 Å². The third-order valence-corrected chi connectivity index (χ3v) is 8.21. The molecule has 1 aliphatic rings. The molecule has 1 aliphatic heterocycles. The van der Waals surface area contributed by atoms with Crippen molar-refractivity contribution in [2.45, 2.75) is 17.2 Å². The fourth-order valence-corrected chi connectivity index (χ4v) is 5.74. The first-order valence-corrected chi connectivity index (χ1v) is 11.3. The van der Waals surface area contributed by atoms with Crippen molar-refractivity contribution in [2.75, 3.05) is 20.1 Å². The van der Waals surface area contributed by atoms with E-state index in [4.69, 9.17) is 0 Å². The van der Waals surface area contributed by atoms with E-state index < -0.39 is 10.0 Å². The molecule has 29 heavy (non-hydrogen) atoms. The number of sulfonamides is 1. The van der Waals surface area contributed by atoms with Crippen LogP contribution in [-0.2, 0) is 41.9 Å². The van der Waals surface area contributed by atoms with Crippen molar-refractivity contribution < 1.29 is 13.2 Å². The van der Waals surface area contributed by atoms with Crippen LogP contribution >= 0.6 is 11.3 Å². The molecule has 0 saturated carbocycles. The highest BCUT2D eigenvalue weighted by molar-refractivity contribution is 7.91. The van der Waals surface area contributed by atoms with Crippen LogP contribution < -0.4 is 0 Å². The van der Waals surface area contributed by atoms with Crippen LogP contribution in [0.1, 0.15) is 11.3 Å². The van der Waals surface area contributed by atoms with E-state index in [1.54, 1.807) is 27.2 Å². The second kappa shape index (κ2) is 7.35. The quantitative estimate of drug-likeness (QED) is 0.577. The van der Waals surface area contributed by atoms with Crippen LogP contribution in [0.15, 0.2) is 28.0 Å². The monoisotopic (exact) mass is 435 g/mol. The summed E-state index contributed by atoms with van der Waals surface area (Å²) in [5, 5.41) is 14.3. The number of amides is 1. The van der Waals surface area contributed by atoms with E-state index in [0.29, 0.717) is 31.0 Å². The van der Waals surface area contributed by atoms with Crippen molar-refractivity contribution in [2.24, 2.45) is 14.1 Å². The minimum atomic E-state index is -3.67. The Kier molecular flexibility index (Phi) is 5.00. The Labute approximate surface area is 172 Å². The van der Waals surface area contributed by atoms with Gasteiger partial charge in [-0.05, 0) is 11.4 Å². The summed E-state index contributed by atoms with van der Waals surface area (Å²) in [5.74, 6) is 0.389. The summed E-state index contributed by atoms with van der Waals surface area (Å²) in [5.41, 5.74) is 2.66. The number of aromatic nitrogens is 5. The number of fused-ring (bicyclic) bond motifs is 1. The Morgan fingerprint density at radius 2 is 2.14 bits per heavy atom. The highest BCUT2D eigenvalue weighted by atomic mass is 32.2. The maximum Gasteiger partial charge on any atom is 0.252 e. The molecule has 3 aromatic rings. The molecule has 0 atom stereocenters. The van der Waals surface area contributed by atoms with Gasteiger partial charge in [0.15, 0.2) is 5.82 Å². The smallest absolute Gasteiger partial charge is 0.252 e. The van der Waals surface area contributed by atoms with Crippen molar-refractivity contribution in [3.05, 3.63) is 35.1 Å². The van der Waals surface area contributed by atoms with Gasteiger partial charge in [0.2, 0.25) is 5.91 Å². The third kappa shape index (κ3) is 3.47. The zero-order valence-corrected chi connectivity index (χ0v) is 17.9. The Balaban J connectivity index is 1.54. The predicted molar refractivity (Wildman–Crippen MR) is 106 cm³/mol. The largest absolute Gasteiger partial charge is 0.337 e. The van der Waals surface area contributed by atoms with E-state index in [2.05, 4.69) is 15.3 Å². The van der Waals surface area contributed by atoms with Crippen LogP contribution in [0, 0.1) is 0 Å². The van der Waals surface area contributed by atoms with Gasteiger partial charge >= 0.3 is 0 Å².